The van der Waals surface area contributed by atoms with Crippen molar-refractivity contribution >= 4 is 5.84 Å². The fourth-order valence-electron chi connectivity index (χ4n) is 1.57. The summed E-state index contributed by atoms with van der Waals surface area (Å²) in [4.78, 5) is 3.84. The average Bonchev–Trinajstić information content (AvgIpc) is 2.86. The molecule has 1 aromatic carbocycles. The van der Waals surface area contributed by atoms with Gasteiger partial charge in [-0.1, -0.05) is 0 Å². The number of hydrogen-bond acceptors (Lipinski definition) is 2. The Hall–Kier alpha value is -2.24. The number of benzene rings is 1. The fourth-order valence-corrected chi connectivity index (χ4v) is 1.57. The molecule has 0 saturated heterocycles. The van der Waals surface area contributed by atoms with Crippen LogP contribution in [0.25, 0.3) is 17.2 Å². The van der Waals surface area contributed by atoms with Gasteiger partial charge in [0.2, 0.25) is 0 Å². The highest BCUT2D eigenvalue weighted by Crippen LogP contribution is 2.27. The van der Waals surface area contributed by atoms with Crippen LogP contribution in [0.5, 0.6) is 0 Å². The average molecular weight is 238 g/mol. The summed E-state index contributed by atoms with van der Waals surface area (Å²) in [7, 11) is 0. The number of nitrogens with zero attached hydrogens (tertiary/aromatic N) is 2. The van der Waals surface area contributed by atoms with E-state index in [4.69, 9.17) is 4.42 Å². The summed E-state index contributed by atoms with van der Waals surface area (Å²) in [6, 6.07) is 1.96. The second-order valence-electron chi connectivity index (χ2n) is 3.44. The molecule has 2 heterocycles. The van der Waals surface area contributed by atoms with Gasteiger partial charge >= 0.3 is 5.84 Å². The molecule has 0 aliphatic heterocycles. The smallest absolute Gasteiger partial charge is 0.306 e. The number of oxazole rings is 1. The first-order chi connectivity index (χ1) is 8.16. The van der Waals surface area contributed by atoms with Gasteiger partial charge < -0.3 is 4.42 Å². The van der Waals surface area contributed by atoms with Gasteiger partial charge in [0.1, 0.15) is 0 Å². The van der Waals surface area contributed by atoms with Crippen LogP contribution in [0, 0.1) is 17.5 Å². The van der Waals surface area contributed by atoms with Crippen LogP contribution in [-0.4, -0.2) is 9.38 Å². The van der Waals surface area contributed by atoms with Crippen molar-refractivity contribution in [2.45, 2.75) is 0 Å². The zero-order chi connectivity index (χ0) is 12.0. The standard InChI is InChI=1S/C11H5F3N2O/c12-7-2-1-6(9(13)10(7)14)8-5-16-4-3-15-11(16)17-8/h1-5H. The largest absolute Gasteiger partial charge is 0.423 e. The lowest BCUT2D eigenvalue weighted by atomic mass is 10.1. The lowest BCUT2D eigenvalue weighted by Crippen LogP contribution is -1.92. The molecule has 0 amide bonds. The van der Waals surface area contributed by atoms with Crippen LogP contribution in [0.4, 0.5) is 13.2 Å². The zero-order valence-corrected chi connectivity index (χ0v) is 8.32. The molecular weight excluding hydrogens is 233 g/mol. The molecule has 0 atom stereocenters. The third kappa shape index (κ3) is 1.41. The van der Waals surface area contributed by atoms with Gasteiger partial charge in [-0.15, -0.1) is 0 Å². The Morgan fingerprint density at radius 2 is 1.94 bits per heavy atom. The molecule has 0 aliphatic carbocycles. The van der Waals surface area contributed by atoms with Crippen molar-refractivity contribution in [1.29, 1.82) is 0 Å². The number of halogens is 3. The SMILES string of the molecule is Fc1ccc(-c2cn3ccnc3o2)c(F)c1F. The lowest BCUT2D eigenvalue weighted by Gasteiger charge is -2.00. The number of rotatable bonds is 1. The minimum Gasteiger partial charge on any atom is -0.423 e. The first-order valence-electron chi connectivity index (χ1n) is 4.73. The van der Waals surface area contributed by atoms with Crippen LogP contribution >= 0.6 is 0 Å². The van der Waals surface area contributed by atoms with Gasteiger partial charge in [0.15, 0.2) is 23.2 Å². The number of aromatic nitrogens is 2. The van der Waals surface area contributed by atoms with E-state index in [2.05, 4.69) is 4.98 Å². The summed E-state index contributed by atoms with van der Waals surface area (Å²) < 4.78 is 46.0. The van der Waals surface area contributed by atoms with Crippen molar-refractivity contribution < 1.29 is 17.6 Å². The quantitative estimate of drug-likeness (QED) is 0.610. The van der Waals surface area contributed by atoms with Crippen molar-refractivity contribution in [3.05, 3.63) is 48.2 Å². The molecule has 3 aromatic rings. The third-order valence-electron chi connectivity index (χ3n) is 2.39. The van der Waals surface area contributed by atoms with E-state index in [1.807, 2.05) is 0 Å². The molecule has 86 valence electrons. The predicted molar refractivity (Wildman–Crippen MR) is 52.8 cm³/mol. The van der Waals surface area contributed by atoms with Crippen molar-refractivity contribution in [3.63, 3.8) is 0 Å². The highest BCUT2D eigenvalue weighted by Gasteiger charge is 2.17. The van der Waals surface area contributed by atoms with Gasteiger partial charge in [0.25, 0.3) is 0 Å². The van der Waals surface area contributed by atoms with Crippen molar-refractivity contribution in [2.24, 2.45) is 0 Å². The maximum absolute atomic E-state index is 13.5. The van der Waals surface area contributed by atoms with Crippen LogP contribution in [0.3, 0.4) is 0 Å². The molecular formula is C11H5F3N2O. The van der Waals surface area contributed by atoms with E-state index >= 15 is 0 Å². The van der Waals surface area contributed by atoms with E-state index < -0.39 is 17.5 Å². The number of fused-ring (bicyclic) bond motifs is 1. The lowest BCUT2D eigenvalue weighted by molar-refractivity contribution is 0.447. The summed E-state index contributed by atoms with van der Waals surface area (Å²) >= 11 is 0. The Morgan fingerprint density at radius 3 is 2.71 bits per heavy atom. The first-order valence-corrected chi connectivity index (χ1v) is 4.73. The van der Waals surface area contributed by atoms with Crippen LogP contribution in [0.1, 0.15) is 0 Å². The molecule has 0 N–H and O–H groups in total. The molecule has 6 heteroatoms. The summed E-state index contributed by atoms with van der Waals surface area (Å²) in [6.07, 6.45) is 4.54. The second kappa shape index (κ2) is 3.38. The van der Waals surface area contributed by atoms with E-state index in [9.17, 15) is 13.2 Å². The highest BCUT2D eigenvalue weighted by atomic mass is 19.2. The topological polar surface area (TPSA) is 30.4 Å². The van der Waals surface area contributed by atoms with E-state index in [0.717, 1.165) is 12.1 Å². The Morgan fingerprint density at radius 1 is 1.12 bits per heavy atom. The molecule has 0 saturated carbocycles. The fraction of sp³-hybridized carbons (Fsp3) is 0. The number of imidazole rings is 1. The number of hydrogen-bond donors (Lipinski definition) is 0. The van der Waals surface area contributed by atoms with Gasteiger partial charge in [-0.05, 0) is 12.1 Å². The molecule has 2 aromatic heterocycles. The van der Waals surface area contributed by atoms with E-state index in [1.54, 1.807) is 6.20 Å². The molecule has 0 radical (unpaired) electrons. The van der Waals surface area contributed by atoms with Crippen LogP contribution < -0.4 is 0 Å². The minimum absolute atomic E-state index is 0.0875. The van der Waals surface area contributed by atoms with Gasteiger partial charge in [0.05, 0.1) is 11.8 Å². The third-order valence-corrected chi connectivity index (χ3v) is 2.39. The Labute approximate surface area is 93.1 Å². The molecule has 0 spiro atoms. The first kappa shape index (κ1) is 9.95. The molecule has 17 heavy (non-hydrogen) atoms. The van der Waals surface area contributed by atoms with Crippen molar-refractivity contribution in [3.8, 4) is 11.3 Å². The molecule has 0 unspecified atom stereocenters. The molecule has 3 nitrogen and oxygen atoms in total. The van der Waals surface area contributed by atoms with E-state index in [1.165, 1.54) is 16.8 Å². The monoisotopic (exact) mass is 238 g/mol. The van der Waals surface area contributed by atoms with Crippen molar-refractivity contribution in [1.82, 2.24) is 9.38 Å². The van der Waals surface area contributed by atoms with Gasteiger partial charge in [-0.3, -0.25) is 4.40 Å². The van der Waals surface area contributed by atoms with Crippen LogP contribution in [0.2, 0.25) is 0 Å². The maximum atomic E-state index is 13.5. The molecule has 0 bridgehead atoms. The highest BCUT2D eigenvalue weighted by molar-refractivity contribution is 5.59. The summed E-state index contributed by atoms with van der Waals surface area (Å²) in [5.74, 6) is -3.69. The predicted octanol–water partition coefficient (Wildman–Crippen LogP) is 3.01. The van der Waals surface area contributed by atoms with Gasteiger partial charge in [-0.25, -0.2) is 18.2 Å². The zero-order valence-electron chi connectivity index (χ0n) is 8.32. The van der Waals surface area contributed by atoms with Gasteiger partial charge in [0, 0.05) is 12.4 Å². The minimum atomic E-state index is -1.52. The Bertz CT molecular complexity index is 673. The summed E-state index contributed by atoms with van der Waals surface area (Å²) in [5.41, 5.74) is -0.144. The second-order valence-corrected chi connectivity index (χ2v) is 3.44. The Balaban J connectivity index is 2.22. The summed E-state index contributed by atoms with van der Waals surface area (Å²) in [6.45, 7) is 0. The van der Waals surface area contributed by atoms with Crippen molar-refractivity contribution in [2.75, 3.05) is 0 Å². The maximum Gasteiger partial charge on any atom is 0.306 e. The van der Waals surface area contributed by atoms with Crippen LogP contribution in [-0.2, 0) is 0 Å². The summed E-state index contributed by atoms with van der Waals surface area (Å²) in [5, 5.41) is 0. The molecule has 3 rings (SSSR count). The normalized spacial score (nSPS) is 11.2. The van der Waals surface area contributed by atoms with E-state index in [-0.39, 0.29) is 17.2 Å². The molecule has 0 aliphatic rings. The van der Waals surface area contributed by atoms with Crippen LogP contribution in [0.15, 0.2) is 35.1 Å². The van der Waals surface area contributed by atoms with E-state index in [0.29, 0.717) is 0 Å². The molecule has 0 fully saturated rings. The Kier molecular flexibility index (Phi) is 1.98. The van der Waals surface area contributed by atoms with Gasteiger partial charge in [-0.2, -0.15) is 0 Å².